The van der Waals surface area contributed by atoms with Crippen molar-refractivity contribution in [2.24, 2.45) is 0 Å². The Balaban J connectivity index is 1.76. The quantitative estimate of drug-likeness (QED) is 0.783. The molecule has 1 heterocycles. The van der Waals surface area contributed by atoms with Crippen molar-refractivity contribution in [3.8, 4) is 0 Å². The van der Waals surface area contributed by atoms with Gasteiger partial charge in [0, 0.05) is 0 Å². The SMILES string of the molecule is O=C(O)c1ccc(Cn2nnnc2/C=C/c2ccccc2)cc1. The summed E-state index contributed by atoms with van der Waals surface area (Å²) >= 11 is 0. The summed E-state index contributed by atoms with van der Waals surface area (Å²) in [5.74, 6) is -0.304. The van der Waals surface area contributed by atoms with Gasteiger partial charge in [-0.2, -0.15) is 0 Å². The zero-order valence-corrected chi connectivity index (χ0v) is 12.2. The lowest BCUT2D eigenvalue weighted by atomic mass is 10.1. The van der Waals surface area contributed by atoms with Gasteiger partial charge in [-0.05, 0) is 39.8 Å². The minimum Gasteiger partial charge on any atom is -0.478 e. The molecule has 0 bridgehead atoms. The molecule has 6 heteroatoms. The summed E-state index contributed by atoms with van der Waals surface area (Å²) in [6.07, 6.45) is 3.79. The molecule has 114 valence electrons. The lowest BCUT2D eigenvalue weighted by molar-refractivity contribution is 0.0697. The van der Waals surface area contributed by atoms with Crippen LogP contribution in [0.2, 0.25) is 0 Å². The molecule has 0 saturated heterocycles. The van der Waals surface area contributed by atoms with Gasteiger partial charge in [0.15, 0.2) is 5.82 Å². The van der Waals surface area contributed by atoms with Crippen molar-refractivity contribution in [1.29, 1.82) is 0 Å². The van der Waals surface area contributed by atoms with Crippen LogP contribution in [0.5, 0.6) is 0 Å². The first-order chi connectivity index (χ1) is 11.2. The fourth-order valence-corrected chi connectivity index (χ4v) is 2.10. The van der Waals surface area contributed by atoms with Crippen molar-refractivity contribution in [2.75, 3.05) is 0 Å². The van der Waals surface area contributed by atoms with E-state index in [1.807, 2.05) is 42.5 Å². The third-order valence-electron chi connectivity index (χ3n) is 3.32. The van der Waals surface area contributed by atoms with E-state index in [9.17, 15) is 4.79 Å². The van der Waals surface area contributed by atoms with E-state index in [4.69, 9.17) is 5.11 Å². The third-order valence-corrected chi connectivity index (χ3v) is 3.32. The topological polar surface area (TPSA) is 80.9 Å². The van der Waals surface area contributed by atoms with Crippen LogP contribution in [0.15, 0.2) is 54.6 Å². The zero-order valence-electron chi connectivity index (χ0n) is 12.2. The average molecular weight is 306 g/mol. The zero-order chi connectivity index (χ0) is 16.1. The number of carboxylic acid groups (broad SMARTS) is 1. The first-order valence-corrected chi connectivity index (χ1v) is 7.04. The first-order valence-electron chi connectivity index (χ1n) is 7.04. The average Bonchev–Trinajstić information content (AvgIpc) is 3.01. The molecule has 0 atom stereocenters. The van der Waals surface area contributed by atoms with Crippen LogP contribution in [0.1, 0.15) is 27.3 Å². The Morgan fingerprint density at radius 3 is 2.48 bits per heavy atom. The Morgan fingerprint density at radius 1 is 1.04 bits per heavy atom. The van der Waals surface area contributed by atoms with Crippen LogP contribution in [0.3, 0.4) is 0 Å². The number of hydrogen-bond acceptors (Lipinski definition) is 4. The van der Waals surface area contributed by atoms with Crippen LogP contribution < -0.4 is 0 Å². The normalized spacial score (nSPS) is 11.0. The molecule has 3 rings (SSSR count). The van der Waals surface area contributed by atoms with E-state index in [1.54, 1.807) is 28.9 Å². The Morgan fingerprint density at radius 2 is 1.78 bits per heavy atom. The number of nitrogens with zero attached hydrogens (tertiary/aromatic N) is 4. The largest absolute Gasteiger partial charge is 0.478 e. The second-order valence-corrected chi connectivity index (χ2v) is 4.94. The number of tetrazole rings is 1. The second-order valence-electron chi connectivity index (χ2n) is 4.94. The maximum Gasteiger partial charge on any atom is 0.335 e. The molecule has 0 spiro atoms. The monoisotopic (exact) mass is 306 g/mol. The summed E-state index contributed by atoms with van der Waals surface area (Å²) in [7, 11) is 0. The fourth-order valence-electron chi connectivity index (χ4n) is 2.10. The number of carboxylic acids is 1. The molecule has 0 fully saturated rings. The molecule has 1 aromatic heterocycles. The van der Waals surface area contributed by atoms with Gasteiger partial charge in [0.1, 0.15) is 0 Å². The Hall–Kier alpha value is -3.28. The molecule has 0 aliphatic carbocycles. The molecular weight excluding hydrogens is 292 g/mol. The molecule has 23 heavy (non-hydrogen) atoms. The van der Waals surface area contributed by atoms with E-state index in [2.05, 4.69) is 15.5 Å². The molecule has 6 nitrogen and oxygen atoms in total. The van der Waals surface area contributed by atoms with E-state index in [0.717, 1.165) is 11.1 Å². The van der Waals surface area contributed by atoms with Gasteiger partial charge < -0.3 is 5.11 Å². The third kappa shape index (κ3) is 3.68. The summed E-state index contributed by atoms with van der Waals surface area (Å²) in [5, 5.41) is 20.6. The molecular formula is C17H14N4O2. The Bertz CT molecular complexity index is 823. The highest BCUT2D eigenvalue weighted by atomic mass is 16.4. The van der Waals surface area contributed by atoms with Gasteiger partial charge in [-0.1, -0.05) is 48.5 Å². The number of aromatic carboxylic acids is 1. The molecule has 0 aliphatic heterocycles. The van der Waals surface area contributed by atoms with Crippen molar-refractivity contribution in [2.45, 2.75) is 6.54 Å². The number of benzene rings is 2. The van der Waals surface area contributed by atoms with E-state index in [0.29, 0.717) is 12.4 Å². The lowest BCUT2D eigenvalue weighted by Gasteiger charge is -2.03. The minimum absolute atomic E-state index is 0.259. The number of aromatic nitrogens is 4. The molecule has 0 unspecified atom stereocenters. The summed E-state index contributed by atoms with van der Waals surface area (Å²) < 4.78 is 1.66. The van der Waals surface area contributed by atoms with Crippen LogP contribution in [0, 0.1) is 0 Å². The van der Waals surface area contributed by atoms with Gasteiger partial charge in [-0.3, -0.25) is 0 Å². The van der Waals surface area contributed by atoms with Gasteiger partial charge in [0.25, 0.3) is 0 Å². The maximum atomic E-state index is 10.9. The lowest BCUT2D eigenvalue weighted by Crippen LogP contribution is -2.05. The Labute approximate surface area is 132 Å². The summed E-state index contributed by atoms with van der Waals surface area (Å²) in [6, 6.07) is 16.5. The van der Waals surface area contributed by atoms with Crippen LogP contribution in [0.4, 0.5) is 0 Å². The summed E-state index contributed by atoms with van der Waals surface area (Å²) in [4.78, 5) is 10.9. The summed E-state index contributed by atoms with van der Waals surface area (Å²) in [6.45, 7) is 0.474. The number of carbonyl (C=O) groups is 1. The number of rotatable bonds is 5. The molecule has 2 aromatic carbocycles. The minimum atomic E-state index is -0.939. The molecule has 0 aliphatic rings. The molecule has 1 N–H and O–H groups in total. The van der Waals surface area contributed by atoms with Crippen molar-refractivity contribution in [1.82, 2.24) is 20.2 Å². The Kier molecular flexibility index (Phi) is 4.24. The predicted octanol–water partition coefficient (Wildman–Crippen LogP) is 2.59. The van der Waals surface area contributed by atoms with Gasteiger partial charge >= 0.3 is 5.97 Å². The van der Waals surface area contributed by atoms with E-state index in [-0.39, 0.29) is 5.56 Å². The second kappa shape index (κ2) is 6.65. The van der Waals surface area contributed by atoms with Gasteiger partial charge in [0.2, 0.25) is 0 Å². The van der Waals surface area contributed by atoms with E-state index in [1.165, 1.54) is 0 Å². The fraction of sp³-hybridized carbons (Fsp3) is 0.0588. The van der Waals surface area contributed by atoms with Gasteiger partial charge in [-0.15, -0.1) is 5.10 Å². The van der Waals surface area contributed by atoms with Crippen molar-refractivity contribution < 1.29 is 9.90 Å². The van der Waals surface area contributed by atoms with Crippen LogP contribution in [-0.4, -0.2) is 31.3 Å². The van der Waals surface area contributed by atoms with E-state index >= 15 is 0 Å². The van der Waals surface area contributed by atoms with Gasteiger partial charge in [-0.25, -0.2) is 9.48 Å². The van der Waals surface area contributed by atoms with E-state index < -0.39 is 5.97 Å². The van der Waals surface area contributed by atoms with Crippen LogP contribution in [-0.2, 0) is 6.54 Å². The van der Waals surface area contributed by atoms with Crippen molar-refractivity contribution >= 4 is 18.1 Å². The van der Waals surface area contributed by atoms with Crippen molar-refractivity contribution in [3.63, 3.8) is 0 Å². The molecule has 0 radical (unpaired) electrons. The number of hydrogen-bond donors (Lipinski definition) is 1. The highest BCUT2D eigenvalue weighted by molar-refractivity contribution is 5.87. The standard InChI is InChI=1S/C17H14N4O2/c22-17(23)15-9-6-14(7-10-15)12-21-16(18-19-20-21)11-8-13-4-2-1-3-5-13/h1-11H,12H2,(H,22,23)/b11-8+. The van der Waals surface area contributed by atoms with Crippen molar-refractivity contribution in [3.05, 3.63) is 77.1 Å². The molecule has 0 saturated carbocycles. The smallest absolute Gasteiger partial charge is 0.335 e. The molecule has 3 aromatic rings. The molecule has 0 amide bonds. The highest BCUT2D eigenvalue weighted by Gasteiger charge is 2.05. The van der Waals surface area contributed by atoms with Crippen LogP contribution >= 0.6 is 0 Å². The predicted molar refractivity (Wildman–Crippen MR) is 85.7 cm³/mol. The maximum absolute atomic E-state index is 10.9. The van der Waals surface area contributed by atoms with Crippen LogP contribution in [0.25, 0.3) is 12.2 Å². The van der Waals surface area contributed by atoms with Gasteiger partial charge in [0.05, 0.1) is 12.1 Å². The first kappa shape index (κ1) is 14.6. The highest BCUT2D eigenvalue weighted by Crippen LogP contribution is 2.09. The summed E-state index contributed by atoms with van der Waals surface area (Å²) in [5.41, 5.74) is 2.25.